The molecule has 31 heavy (non-hydrogen) atoms. The summed E-state index contributed by atoms with van der Waals surface area (Å²) in [5, 5.41) is 13.2. The highest BCUT2D eigenvalue weighted by atomic mass is 35.5. The van der Waals surface area contributed by atoms with Crippen molar-refractivity contribution in [3.63, 3.8) is 0 Å². The van der Waals surface area contributed by atoms with Gasteiger partial charge in [-0.2, -0.15) is 16.9 Å². The molecule has 0 bridgehead atoms. The summed E-state index contributed by atoms with van der Waals surface area (Å²) < 4.78 is 0. The lowest BCUT2D eigenvalue weighted by molar-refractivity contribution is -0.126. The van der Waals surface area contributed by atoms with Gasteiger partial charge in [-0.25, -0.2) is 10.9 Å². The first-order valence-corrected chi connectivity index (χ1v) is 13.9. The minimum Gasteiger partial charge on any atom is -0.352 e. The third kappa shape index (κ3) is 4.77. The Balaban J connectivity index is 1.14. The van der Waals surface area contributed by atoms with E-state index in [0.717, 1.165) is 49.7 Å². The Kier molecular flexibility index (Phi) is 7.35. The molecule has 5 rings (SSSR count). The van der Waals surface area contributed by atoms with Crippen LogP contribution in [0.15, 0.2) is 0 Å². The van der Waals surface area contributed by atoms with Crippen LogP contribution in [-0.4, -0.2) is 71.8 Å². The summed E-state index contributed by atoms with van der Waals surface area (Å²) >= 11 is 8.75. The highest BCUT2D eigenvalue weighted by molar-refractivity contribution is 8.00. The van der Waals surface area contributed by atoms with Crippen LogP contribution in [0, 0.1) is 23.7 Å². The lowest BCUT2D eigenvalue weighted by atomic mass is 9.68. The molecule has 0 aromatic rings. The summed E-state index contributed by atoms with van der Waals surface area (Å²) in [6.45, 7) is 6.11. The molecule has 4 heterocycles. The van der Waals surface area contributed by atoms with Crippen LogP contribution in [0.4, 0.5) is 0 Å². The topological polar surface area (TPSA) is 80.5 Å². The van der Waals surface area contributed by atoms with E-state index in [2.05, 4.69) is 45.5 Å². The van der Waals surface area contributed by atoms with Gasteiger partial charge < -0.3 is 10.6 Å². The van der Waals surface area contributed by atoms with Gasteiger partial charge in [-0.05, 0) is 56.4 Å². The normalized spacial score (nSPS) is 46.6. The molecule has 7 nitrogen and oxygen atoms in total. The molecule has 5 N–H and O–H groups in total. The van der Waals surface area contributed by atoms with E-state index in [1.54, 1.807) is 0 Å². The standard InChI is InChI=1S/C22H39ClN6OS/c1-13-17(12-31-20(13)16-4-2-6-19-15(16)5-3-7-24-19)22(30)28-14-10-18(23)21(25-11-14)29-26-8-9-27-29/h13-21,24-27H,2-12H2,1H3,(H,28,30). The van der Waals surface area contributed by atoms with Crippen molar-refractivity contribution >= 4 is 29.3 Å². The molecule has 5 aliphatic rings. The molecule has 5 fully saturated rings. The fourth-order valence-corrected chi connectivity index (χ4v) is 9.11. The van der Waals surface area contributed by atoms with Crippen LogP contribution >= 0.6 is 23.4 Å². The molecular formula is C22H39ClN6OS. The predicted octanol–water partition coefficient (Wildman–Crippen LogP) is 1.26. The average molecular weight is 471 g/mol. The van der Waals surface area contributed by atoms with E-state index < -0.39 is 0 Å². The van der Waals surface area contributed by atoms with E-state index in [-0.39, 0.29) is 29.4 Å². The molecule has 0 aromatic heterocycles. The zero-order chi connectivity index (χ0) is 21.4. The average Bonchev–Trinajstić information content (AvgIpc) is 3.43. The number of amides is 1. The number of hydrogen-bond donors (Lipinski definition) is 5. The maximum Gasteiger partial charge on any atom is 0.224 e. The van der Waals surface area contributed by atoms with Gasteiger partial charge in [0.1, 0.15) is 6.17 Å². The van der Waals surface area contributed by atoms with Gasteiger partial charge in [0, 0.05) is 42.7 Å². The van der Waals surface area contributed by atoms with Crippen molar-refractivity contribution in [1.29, 1.82) is 0 Å². The zero-order valence-electron chi connectivity index (χ0n) is 18.6. The highest BCUT2D eigenvalue weighted by Crippen LogP contribution is 2.49. The Morgan fingerprint density at radius 2 is 1.87 bits per heavy atom. The van der Waals surface area contributed by atoms with E-state index in [4.69, 9.17) is 11.6 Å². The summed E-state index contributed by atoms with van der Waals surface area (Å²) in [4.78, 5) is 13.2. The molecule has 4 saturated heterocycles. The molecule has 9 atom stereocenters. The maximum absolute atomic E-state index is 13.2. The van der Waals surface area contributed by atoms with Gasteiger partial charge in [0.25, 0.3) is 0 Å². The number of fused-ring (bicyclic) bond motifs is 1. The van der Waals surface area contributed by atoms with Crippen LogP contribution in [0.1, 0.15) is 45.4 Å². The SMILES string of the molecule is CC1C(C(=O)NC2CNC(N3NCCN3)C(Cl)C2)CSC1C1CCCC2NCCCC21. The van der Waals surface area contributed by atoms with Gasteiger partial charge in [0.05, 0.1) is 11.3 Å². The third-order valence-electron chi connectivity index (χ3n) is 8.36. The summed E-state index contributed by atoms with van der Waals surface area (Å²) in [6, 6.07) is 0.821. The van der Waals surface area contributed by atoms with Crippen LogP contribution in [0.5, 0.6) is 0 Å². The Morgan fingerprint density at radius 3 is 2.68 bits per heavy atom. The Morgan fingerprint density at radius 1 is 1.06 bits per heavy atom. The molecule has 1 amide bonds. The number of carbonyl (C=O) groups excluding carboxylic acids is 1. The largest absolute Gasteiger partial charge is 0.352 e. The Hall–Kier alpha value is -0.0900. The number of halogens is 1. The van der Waals surface area contributed by atoms with Crippen molar-refractivity contribution in [2.45, 2.75) is 74.3 Å². The van der Waals surface area contributed by atoms with Crippen molar-refractivity contribution in [3.8, 4) is 0 Å². The quantitative estimate of drug-likeness (QED) is 0.396. The van der Waals surface area contributed by atoms with Gasteiger partial charge in [-0.1, -0.05) is 13.3 Å². The van der Waals surface area contributed by atoms with E-state index in [9.17, 15) is 4.79 Å². The van der Waals surface area contributed by atoms with Gasteiger partial charge in [-0.15, -0.1) is 11.6 Å². The highest BCUT2D eigenvalue weighted by Gasteiger charge is 2.47. The summed E-state index contributed by atoms with van der Waals surface area (Å²) in [5.41, 5.74) is 6.60. The van der Waals surface area contributed by atoms with Crippen LogP contribution in [-0.2, 0) is 4.79 Å². The van der Waals surface area contributed by atoms with E-state index in [1.807, 2.05) is 5.12 Å². The summed E-state index contributed by atoms with van der Waals surface area (Å²) in [5.74, 6) is 3.36. The van der Waals surface area contributed by atoms with Crippen molar-refractivity contribution < 1.29 is 4.79 Å². The zero-order valence-corrected chi connectivity index (χ0v) is 20.2. The minimum atomic E-state index is -0.0572. The number of nitrogens with zero attached hydrogens (tertiary/aromatic N) is 1. The Bertz CT molecular complexity index is 635. The molecule has 0 spiro atoms. The van der Waals surface area contributed by atoms with Crippen LogP contribution in [0.3, 0.4) is 0 Å². The third-order valence-corrected chi connectivity index (χ3v) is 10.5. The lowest BCUT2D eigenvalue weighted by Gasteiger charge is -2.45. The minimum absolute atomic E-state index is 0.0472. The fraction of sp³-hybridized carbons (Fsp3) is 0.955. The van der Waals surface area contributed by atoms with E-state index >= 15 is 0 Å². The van der Waals surface area contributed by atoms with Gasteiger partial charge >= 0.3 is 0 Å². The first-order chi connectivity index (χ1) is 15.1. The number of rotatable bonds is 4. The maximum atomic E-state index is 13.2. The van der Waals surface area contributed by atoms with Gasteiger partial charge in [0.15, 0.2) is 0 Å². The van der Waals surface area contributed by atoms with Gasteiger partial charge in [-0.3, -0.25) is 10.1 Å². The number of hydrogen-bond acceptors (Lipinski definition) is 7. The van der Waals surface area contributed by atoms with Crippen molar-refractivity contribution in [2.75, 3.05) is 31.9 Å². The van der Waals surface area contributed by atoms with Crippen LogP contribution < -0.4 is 26.8 Å². The number of alkyl halides is 1. The molecule has 0 aromatic carbocycles. The molecule has 4 aliphatic heterocycles. The molecular weight excluding hydrogens is 432 g/mol. The van der Waals surface area contributed by atoms with Crippen LogP contribution in [0.2, 0.25) is 0 Å². The molecule has 1 aliphatic carbocycles. The number of hydrazine groups is 2. The first-order valence-electron chi connectivity index (χ1n) is 12.4. The smallest absolute Gasteiger partial charge is 0.224 e. The van der Waals surface area contributed by atoms with Crippen molar-refractivity contribution in [2.24, 2.45) is 23.7 Å². The van der Waals surface area contributed by atoms with Gasteiger partial charge in [0.2, 0.25) is 5.91 Å². The van der Waals surface area contributed by atoms with Crippen molar-refractivity contribution in [1.82, 2.24) is 31.9 Å². The molecule has 9 heteroatoms. The lowest BCUT2D eigenvalue weighted by Crippen LogP contribution is -2.64. The monoisotopic (exact) mass is 470 g/mol. The number of piperidine rings is 2. The second-order valence-electron chi connectivity index (χ2n) is 10.2. The molecule has 0 radical (unpaired) electrons. The van der Waals surface area contributed by atoms with Crippen molar-refractivity contribution in [3.05, 3.63) is 0 Å². The summed E-state index contributed by atoms with van der Waals surface area (Å²) in [7, 11) is 0. The van der Waals surface area contributed by atoms with Crippen LogP contribution in [0.25, 0.3) is 0 Å². The fourth-order valence-electron chi connectivity index (χ4n) is 6.73. The number of carbonyl (C=O) groups is 1. The number of thioether (sulfide) groups is 1. The second-order valence-corrected chi connectivity index (χ2v) is 12.0. The van der Waals surface area contributed by atoms with E-state index in [1.165, 1.54) is 38.6 Å². The Labute approximate surface area is 195 Å². The first kappa shape index (κ1) is 22.7. The van der Waals surface area contributed by atoms with E-state index in [0.29, 0.717) is 11.2 Å². The molecule has 9 unspecified atom stereocenters. The predicted molar refractivity (Wildman–Crippen MR) is 127 cm³/mol. The summed E-state index contributed by atoms with van der Waals surface area (Å²) in [6.07, 6.45) is 7.55. The molecule has 1 saturated carbocycles. The molecule has 176 valence electrons. The number of nitrogens with one attached hydrogen (secondary N) is 5. The second kappa shape index (κ2) is 10.0.